The topological polar surface area (TPSA) is 74.7 Å². The van der Waals surface area contributed by atoms with Crippen molar-refractivity contribution in [3.63, 3.8) is 0 Å². The minimum absolute atomic E-state index is 0.0918. The third-order valence-electron chi connectivity index (χ3n) is 6.03. The molecule has 4 rings (SSSR count). The van der Waals surface area contributed by atoms with E-state index in [2.05, 4.69) is 27.3 Å². The molecule has 0 spiro atoms. The summed E-state index contributed by atoms with van der Waals surface area (Å²) in [6.45, 7) is 2.73. The Morgan fingerprint density at radius 3 is 2.50 bits per heavy atom. The van der Waals surface area contributed by atoms with E-state index in [0.29, 0.717) is 18.6 Å². The Hall–Kier alpha value is -3.61. The number of aromatic hydroxyl groups is 1. The van der Waals surface area contributed by atoms with Gasteiger partial charge in [0.1, 0.15) is 5.78 Å². The van der Waals surface area contributed by atoms with Crippen molar-refractivity contribution < 1.29 is 14.6 Å². The summed E-state index contributed by atoms with van der Waals surface area (Å²) in [5, 5.41) is 14.8. The third kappa shape index (κ3) is 5.61. The molecule has 0 saturated carbocycles. The first-order valence-electron chi connectivity index (χ1n) is 11.8. The lowest BCUT2D eigenvalue weighted by molar-refractivity contribution is -0.118. The maximum absolute atomic E-state index is 12.4. The number of carbonyl (C=O) groups is 1. The second-order valence-electron chi connectivity index (χ2n) is 9.03. The summed E-state index contributed by atoms with van der Waals surface area (Å²) in [6, 6.07) is 17.6. The molecule has 6 nitrogen and oxygen atoms in total. The van der Waals surface area contributed by atoms with Crippen LogP contribution in [-0.2, 0) is 17.8 Å². The van der Waals surface area contributed by atoms with Crippen molar-refractivity contribution in [2.24, 2.45) is 0 Å². The molecule has 1 aromatic heterocycles. The molecule has 186 valence electrons. The molecule has 1 heterocycles. The first kappa shape index (κ1) is 25.5. The van der Waals surface area contributed by atoms with Crippen LogP contribution in [0.15, 0.2) is 60.8 Å². The molecule has 0 aliphatic carbocycles. The van der Waals surface area contributed by atoms with E-state index in [1.54, 1.807) is 18.3 Å². The molecule has 2 N–H and O–H groups in total. The minimum atomic E-state index is -0.0918. The molecule has 3 aromatic carbocycles. The highest BCUT2D eigenvalue weighted by molar-refractivity contribution is 6.32. The van der Waals surface area contributed by atoms with Gasteiger partial charge in [0, 0.05) is 42.2 Å². The van der Waals surface area contributed by atoms with Gasteiger partial charge in [-0.3, -0.25) is 9.78 Å². The number of benzene rings is 3. The molecule has 0 saturated heterocycles. The molecular weight excluding hydrogens is 474 g/mol. The number of hydrogen-bond donors (Lipinski definition) is 2. The standard InChI is InChI=1S/C29H30ClN3O3/c1-5-23(34)12-21-16-31-26-11-8-19(20-14-25(30)29(35)27(15-20)36-4)13-24(26)28(21)32-22-9-6-18(7-10-22)17-33(2)3/h6-11,13-16,35H,5,12,17H2,1-4H3,(H,31,32). The Morgan fingerprint density at radius 2 is 1.83 bits per heavy atom. The van der Waals surface area contributed by atoms with Crippen LogP contribution in [0.3, 0.4) is 0 Å². The van der Waals surface area contributed by atoms with Crippen LogP contribution in [0.25, 0.3) is 22.0 Å². The summed E-state index contributed by atoms with van der Waals surface area (Å²) in [7, 11) is 5.57. The molecule has 0 aliphatic heterocycles. The van der Waals surface area contributed by atoms with Crippen LogP contribution in [0.5, 0.6) is 11.5 Å². The van der Waals surface area contributed by atoms with Gasteiger partial charge in [-0.1, -0.05) is 36.7 Å². The summed E-state index contributed by atoms with van der Waals surface area (Å²) >= 11 is 6.25. The molecule has 36 heavy (non-hydrogen) atoms. The van der Waals surface area contributed by atoms with Crippen LogP contribution in [-0.4, -0.2) is 42.0 Å². The van der Waals surface area contributed by atoms with E-state index in [-0.39, 0.29) is 16.6 Å². The average Bonchev–Trinajstić information content (AvgIpc) is 2.87. The lowest BCUT2D eigenvalue weighted by atomic mass is 9.99. The van der Waals surface area contributed by atoms with Crippen molar-refractivity contribution in [2.75, 3.05) is 26.5 Å². The third-order valence-corrected chi connectivity index (χ3v) is 6.32. The minimum Gasteiger partial charge on any atom is -0.503 e. The Kier molecular flexibility index (Phi) is 7.77. The van der Waals surface area contributed by atoms with Crippen LogP contribution in [0.2, 0.25) is 5.02 Å². The lowest BCUT2D eigenvalue weighted by Crippen LogP contribution is -2.10. The van der Waals surface area contributed by atoms with E-state index in [1.807, 2.05) is 51.4 Å². The largest absolute Gasteiger partial charge is 0.503 e. The van der Waals surface area contributed by atoms with Gasteiger partial charge in [-0.2, -0.15) is 0 Å². The molecule has 0 aliphatic rings. The molecule has 7 heteroatoms. The molecule has 0 fully saturated rings. The van der Waals surface area contributed by atoms with Gasteiger partial charge in [0.2, 0.25) is 0 Å². The monoisotopic (exact) mass is 503 g/mol. The van der Waals surface area contributed by atoms with Gasteiger partial charge in [0.05, 0.1) is 23.3 Å². The molecule has 0 bridgehead atoms. The summed E-state index contributed by atoms with van der Waals surface area (Å²) in [5.74, 6) is 0.353. The maximum Gasteiger partial charge on any atom is 0.176 e. The number of phenols is 1. The fraction of sp³-hybridized carbons (Fsp3) is 0.241. The zero-order valence-electron chi connectivity index (χ0n) is 20.9. The molecule has 0 atom stereocenters. The number of phenolic OH excluding ortho intramolecular Hbond substituents is 1. The summed E-state index contributed by atoms with van der Waals surface area (Å²) in [6.07, 6.45) is 2.53. The number of ether oxygens (including phenoxy) is 1. The van der Waals surface area contributed by atoms with Crippen LogP contribution in [0, 0.1) is 0 Å². The van der Waals surface area contributed by atoms with Crippen molar-refractivity contribution in [1.82, 2.24) is 9.88 Å². The predicted molar refractivity (Wildman–Crippen MR) is 147 cm³/mol. The van der Waals surface area contributed by atoms with E-state index >= 15 is 0 Å². The Labute approximate surface area is 216 Å². The van der Waals surface area contributed by atoms with E-state index < -0.39 is 0 Å². The van der Waals surface area contributed by atoms with Gasteiger partial charge in [-0.15, -0.1) is 0 Å². The van der Waals surface area contributed by atoms with Gasteiger partial charge >= 0.3 is 0 Å². The predicted octanol–water partition coefficient (Wildman–Crippen LogP) is 6.60. The molecule has 0 unspecified atom stereocenters. The van der Waals surface area contributed by atoms with Gasteiger partial charge < -0.3 is 20.1 Å². The zero-order valence-corrected chi connectivity index (χ0v) is 21.7. The van der Waals surface area contributed by atoms with Crippen molar-refractivity contribution in [2.45, 2.75) is 26.3 Å². The number of anilines is 2. The smallest absolute Gasteiger partial charge is 0.176 e. The van der Waals surface area contributed by atoms with Crippen molar-refractivity contribution in [1.29, 1.82) is 0 Å². The van der Waals surface area contributed by atoms with E-state index in [4.69, 9.17) is 16.3 Å². The number of rotatable bonds is 9. The lowest BCUT2D eigenvalue weighted by Gasteiger charge is -2.17. The first-order chi connectivity index (χ1) is 17.3. The number of nitrogens with zero attached hydrogens (tertiary/aromatic N) is 2. The molecule has 4 aromatic rings. The quantitative estimate of drug-likeness (QED) is 0.268. The number of methoxy groups -OCH3 is 1. The second-order valence-corrected chi connectivity index (χ2v) is 9.44. The highest BCUT2D eigenvalue weighted by Crippen LogP contribution is 2.40. The van der Waals surface area contributed by atoms with Gasteiger partial charge in [-0.05, 0) is 67.2 Å². The number of nitrogens with one attached hydrogen (secondary N) is 1. The van der Waals surface area contributed by atoms with Crippen molar-refractivity contribution >= 4 is 39.7 Å². The number of fused-ring (bicyclic) bond motifs is 1. The van der Waals surface area contributed by atoms with Crippen LogP contribution in [0.4, 0.5) is 11.4 Å². The number of aromatic nitrogens is 1. The van der Waals surface area contributed by atoms with E-state index in [0.717, 1.165) is 45.5 Å². The van der Waals surface area contributed by atoms with Gasteiger partial charge in [0.15, 0.2) is 11.5 Å². The number of ketones is 1. The Bertz CT molecular complexity index is 1400. The highest BCUT2D eigenvalue weighted by Gasteiger charge is 2.15. The molecule has 0 amide bonds. The SMILES string of the molecule is CCC(=O)Cc1cnc2ccc(-c3cc(Cl)c(O)c(OC)c3)cc2c1Nc1ccc(CN(C)C)cc1. The normalized spacial score (nSPS) is 11.2. The first-order valence-corrected chi connectivity index (χ1v) is 12.2. The van der Waals surface area contributed by atoms with Crippen molar-refractivity contribution in [3.8, 4) is 22.6 Å². The summed E-state index contributed by atoms with van der Waals surface area (Å²) < 4.78 is 5.29. The fourth-order valence-corrected chi connectivity index (χ4v) is 4.34. The zero-order chi connectivity index (χ0) is 25.8. The van der Waals surface area contributed by atoms with E-state index in [9.17, 15) is 9.90 Å². The fourth-order valence-electron chi connectivity index (χ4n) is 4.13. The van der Waals surface area contributed by atoms with Crippen LogP contribution < -0.4 is 10.1 Å². The Morgan fingerprint density at radius 1 is 1.08 bits per heavy atom. The number of hydrogen-bond acceptors (Lipinski definition) is 6. The average molecular weight is 504 g/mol. The van der Waals surface area contributed by atoms with Crippen LogP contribution in [0.1, 0.15) is 24.5 Å². The number of halogens is 1. The highest BCUT2D eigenvalue weighted by atomic mass is 35.5. The Balaban J connectivity index is 1.82. The molecular formula is C29H30ClN3O3. The van der Waals surface area contributed by atoms with Gasteiger partial charge in [0.25, 0.3) is 0 Å². The number of carbonyl (C=O) groups excluding carboxylic acids is 1. The molecule has 0 radical (unpaired) electrons. The number of pyridine rings is 1. The number of Topliss-reactive ketones (excluding diaryl/α,β-unsaturated/α-hetero) is 1. The van der Waals surface area contributed by atoms with Crippen molar-refractivity contribution in [3.05, 3.63) is 76.9 Å². The van der Waals surface area contributed by atoms with Gasteiger partial charge in [-0.25, -0.2) is 0 Å². The van der Waals surface area contributed by atoms with E-state index in [1.165, 1.54) is 12.7 Å². The summed E-state index contributed by atoms with van der Waals surface area (Å²) in [4.78, 5) is 19.1. The maximum atomic E-state index is 12.4. The summed E-state index contributed by atoms with van der Waals surface area (Å²) in [5.41, 5.74) is 6.31. The second kappa shape index (κ2) is 11.0. The van der Waals surface area contributed by atoms with Crippen LogP contribution >= 0.6 is 11.6 Å².